The SMILES string of the molecule is O=C(Nc1ccc(NC(=O)C2CC2)cc1C(F)(F)F)c1cc(Br)ccc1Cl. The number of benzene rings is 2. The number of rotatable bonds is 4. The summed E-state index contributed by atoms with van der Waals surface area (Å²) in [5.74, 6) is -1.22. The van der Waals surface area contributed by atoms with Crippen LogP contribution in [0.15, 0.2) is 40.9 Å². The van der Waals surface area contributed by atoms with Gasteiger partial charge in [0.15, 0.2) is 0 Å². The molecule has 0 radical (unpaired) electrons. The molecule has 0 aromatic heterocycles. The molecule has 0 saturated heterocycles. The topological polar surface area (TPSA) is 58.2 Å². The van der Waals surface area contributed by atoms with Crippen LogP contribution in [0.2, 0.25) is 5.02 Å². The number of nitrogens with one attached hydrogen (secondary N) is 2. The minimum Gasteiger partial charge on any atom is -0.326 e. The van der Waals surface area contributed by atoms with Crippen molar-refractivity contribution in [3.63, 3.8) is 0 Å². The number of carbonyl (C=O) groups excluding carboxylic acids is 2. The van der Waals surface area contributed by atoms with Crippen molar-refractivity contribution >= 4 is 50.7 Å². The van der Waals surface area contributed by atoms with Crippen LogP contribution in [0.1, 0.15) is 28.8 Å². The van der Waals surface area contributed by atoms with E-state index in [1.807, 2.05) is 0 Å². The highest BCUT2D eigenvalue weighted by Gasteiger charge is 2.35. The minimum absolute atomic E-state index is 0.0257. The molecule has 27 heavy (non-hydrogen) atoms. The minimum atomic E-state index is -4.72. The lowest BCUT2D eigenvalue weighted by atomic mass is 10.1. The van der Waals surface area contributed by atoms with Crippen molar-refractivity contribution in [2.24, 2.45) is 5.92 Å². The van der Waals surface area contributed by atoms with Crippen molar-refractivity contribution < 1.29 is 22.8 Å². The van der Waals surface area contributed by atoms with Gasteiger partial charge in [-0.25, -0.2) is 0 Å². The highest BCUT2D eigenvalue weighted by molar-refractivity contribution is 9.10. The number of anilines is 2. The van der Waals surface area contributed by atoms with Gasteiger partial charge >= 0.3 is 6.18 Å². The quantitative estimate of drug-likeness (QED) is 0.612. The van der Waals surface area contributed by atoms with Gasteiger partial charge in [0.05, 0.1) is 21.8 Å². The molecule has 3 rings (SSSR count). The second kappa shape index (κ2) is 7.52. The Morgan fingerprint density at radius 3 is 2.41 bits per heavy atom. The summed E-state index contributed by atoms with van der Waals surface area (Å²) in [5.41, 5.74) is -1.42. The first-order valence-electron chi connectivity index (χ1n) is 7.93. The molecule has 0 unspecified atom stereocenters. The molecule has 1 aliphatic carbocycles. The van der Waals surface area contributed by atoms with E-state index in [1.165, 1.54) is 18.2 Å². The fourth-order valence-electron chi connectivity index (χ4n) is 2.42. The molecule has 2 amide bonds. The normalized spacial score (nSPS) is 14.0. The number of hydrogen-bond donors (Lipinski definition) is 2. The van der Waals surface area contributed by atoms with Gasteiger partial charge in [0, 0.05) is 16.1 Å². The van der Waals surface area contributed by atoms with Crippen LogP contribution in [0, 0.1) is 5.92 Å². The maximum Gasteiger partial charge on any atom is 0.418 e. The molecule has 0 aliphatic heterocycles. The highest BCUT2D eigenvalue weighted by Crippen LogP contribution is 2.38. The van der Waals surface area contributed by atoms with Crippen LogP contribution in [-0.2, 0) is 11.0 Å². The molecular weight excluding hydrogens is 449 g/mol. The first kappa shape index (κ1) is 19.7. The number of amides is 2. The monoisotopic (exact) mass is 460 g/mol. The van der Waals surface area contributed by atoms with Gasteiger partial charge in [-0.15, -0.1) is 0 Å². The zero-order chi connectivity index (χ0) is 19.8. The molecule has 1 saturated carbocycles. The predicted molar refractivity (Wildman–Crippen MR) is 99.9 cm³/mol. The van der Waals surface area contributed by atoms with Crippen molar-refractivity contribution in [3.05, 3.63) is 57.0 Å². The van der Waals surface area contributed by atoms with Crippen molar-refractivity contribution in [1.82, 2.24) is 0 Å². The highest BCUT2D eigenvalue weighted by atomic mass is 79.9. The lowest BCUT2D eigenvalue weighted by Gasteiger charge is -2.16. The molecule has 0 atom stereocenters. The molecule has 142 valence electrons. The van der Waals surface area contributed by atoms with Crippen molar-refractivity contribution in [2.45, 2.75) is 19.0 Å². The summed E-state index contributed by atoms with van der Waals surface area (Å²) < 4.78 is 40.9. The van der Waals surface area contributed by atoms with Crippen LogP contribution >= 0.6 is 27.5 Å². The van der Waals surface area contributed by atoms with E-state index in [0.717, 1.165) is 25.0 Å². The van der Waals surface area contributed by atoms with Gasteiger partial charge in [-0.05, 0) is 49.2 Å². The molecule has 0 spiro atoms. The molecule has 1 aliphatic rings. The average Bonchev–Trinajstić information content (AvgIpc) is 3.42. The third-order valence-electron chi connectivity index (χ3n) is 3.96. The van der Waals surface area contributed by atoms with Crippen molar-refractivity contribution in [3.8, 4) is 0 Å². The Bertz CT molecular complexity index is 914. The molecule has 0 bridgehead atoms. The summed E-state index contributed by atoms with van der Waals surface area (Å²) in [4.78, 5) is 24.1. The number of carbonyl (C=O) groups is 2. The first-order valence-corrected chi connectivity index (χ1v) is 9.11. The maximum absolute atomic E-state index is 13.4. The largest absolute Gasteiger partial charge is 0.418 e. The lowest BCUT2D eigenvalue weighted by Crippen LogP contribution is -2.18. The summed E-state index contributed by atoms with van der Waals surface area (Å²) in [7, 11) is 0. The van der Waals surface area contributed by atoms with Crippen molar-refractivity contribution in [2.75, 3.05) is 10.6 Å². The van der Waals surface area contributed by atoms with Crippen LogP contribution < -0.4 is 10.6 Å². The van der Waals surface area contributed by atoms with Gasteiger partial charge in [-0.3, -0.25) is 9.59 Å². The fourth-order valence-corrected chi connectivity index (χ4v) is 2.98. The Hall–Kier alpha value is -2.06. The first-order chi connectivity index (χ1) is 12.6. The van der Waals surface area contributed by atoms with Crippen LogP contribution in [0.3, 0.4) is 0 Å². The Kier molecular flexibility index (Phi) is 5.48. The van der Waals surface area contributed by atoms with Gasteiger partial charge in [-0.1, -0.05) is 27.5 Å². The predicted octanol–water partition coefficient (Wildman–Crippen LogP) is 5.72. The molecule has 1 fully saturated rings. The van der Waals surface area contributed by atoms with Gasteiger partial charge < -0.3 is 10.6 Å². The summed E-state index contributed by atoms with van der Waals surface area (Å²) in [5, 5.41) is 4.82. The van der Waals surface area contributed by atoms with Crippen LogP contribution in [-0.4, -0.2) is 11.8 Å². The summed E-state index contributed by atoms with van der Waals surface area (Å²) in [6.07, 6.45) is -3.25. The number of hydrogen-bond acceptors (Lipinski definition) is 2. The van der Waals surface area contributed by atoms with Crippen LogP contribution in [0.5, 0.6) is 0 Å². The Morgan fingerprint density at radius 2 is 1.78 bits per heavy atom. The molecule has 2 N–H and O–H groups in total. The number of halogens is 5. The van der Waals surface area contributed by atoms with E-state index in [-0.39, 0.29) is 28.1 Å². The number of alkyl halides is 3. The average molecular weight is 462 g/mol. The fraction of sp³-hybridized carbons (Fsp3) is 0.222. The van der Waals surface area contributed by atoms with Gasteiger partial charge in [-0.2, -0.15) is 13.2 Å². The van der Waals surface area contributed by atoms with E-state index >= 15 is 0 Å². The second-order valence-corrected chi connectivity index (χ2v) is 7.42. The molecular formula is C18H13BrClF3N2O2. The van der Waals surface area contributed by atoms with Crippen molar-refractivity contribution in [1.29, 1.82) is 0 Å². The molecule has 2 aromatic rings. The molecule has 9 heteroatoms. The van der Waals surface area contributed by atoms with E-state index in [9.17, 15) is 22.8 Å². The van der Waals surface area contributed by atoms with Gasteiger partial charge in [0.2, 0.25) is 5.91 Å². The zero-order valence-electron chi connectivity index (χ0n) is 13.7. The third-order valence-corrected chi connectivity index (χ3v) is 4.78. The second-order valence-electron chi connectivity index (χ2n) is 6.10. The summed E-state index contributed by atoms with van der Waals surface area (Å²) in [6, 6.07) is 7.70. The molecule has 2 aromatic carbocycles. The summed E-state index contributed by atoms with van der Waals surface area (Å²) in [6.45, 7) is 0. The smallest absolute Gasteiger partial charge is 0.326 e. The van der Waals surface area contributed by atoms with E-state index in [4.69, 9.17) is 11.6 Å². The third kappa shape index (κ3) is 4.81. The van der Waals surface area contributed by atoms with E-state index in [1.54, 1.807) is 6.07 Å². The Morgan fingerprint density at radius 1 is 1.07 bits per heavy atom. The molecule has 4 nitrogen and oxygen atoms in total. The molecule has 0 heterocycles. The standard InChI is InChI=1S/C18H13BrClF3N2O2/c19-10-3-5-14(20)12(7-10)17(27)25-15-6-4-11(8-13(15)18(21,22)23)24-16(26)9-1-2-9/h3-9H,1-2H2,(H,24,26)(H,25,27). The van der Waals surface area contributed by atoms with Gasteiger partial charge in [0.1, 0.15) is 0 Å². The van der Waals surface area contributed by atoms with E-state index < -0.39 is 23.3 Å². The van der Waals surface area contributed by atoms with Crippen LogP contribution in [0.4, 0.5) is 24.5 Å². The van der Waals surface area contributed by atoms with Crippen LogP contribution in [0.25, 0.3) is 0 Å². The van der Waals surface area contributed by atoms with Gasteiger partial charge in [0.25, 0.3) is 5.91 Å². The zero-order valence-corrected chi connectivity index (χ0v) is 16.0. The Labute approximate surface area is 166 Å². The Balaban J connectivity index is 1.88. The maximum atomic E-state index is 13.4. The summed E-state index contributed by atoms with van der Waals surface area (Å²) >= 11 is 9.14. The lowest BCUT2D eigenvalue weighted by molar-refractivity contribution is -0.137. The van der Waals surface area contributed by atoms with E-state index in [0.29, 0.717) is 4.47 Å². The van der Waals surface area contributed by atoms with E-state index in [2.05, 4.69) is 26.6 Å².